The third kappa shape index (κ3) is 2.73. The second kappa shape index (κ2) is 6.42. The van der Waals surface area contributed by atoms with Crippen molar-refractivity contribution >= 4 is 34.3 Å². The molecular weight excluding hydrogens is 389 g/mol. The zero-order valence-corrected chi connectivity index (χ0v) is 15.4. The van der Waals surface area contributed by atoms with Crippen LogP contribution in [0.1, 0.15) is 5.56 Å². The van der Waals surface area contributed by atoms with Crippen molar-refractivity contribution in [3.63, 3.8) is 0 Å². The van der Waals surface area contributed by atoms with Gasteiger partial charge >= 0.3 is 6.03 Å². The quantitative estimate of drug-likeness (QED) is 0.584. The number of aromatic nitrogens is 1. The van der Waals surface area contributed by atoms with Crippen LogP contribution in [0.15, 0.2) is 42.6 Å². The number of carbonyl (C=O) groups is 2. The number of fused-ring (bicyclic) bond motifs is 1. The van der Waals surface area contributed by atoms with Gasteiger partial charge in [0.2, 0.25) is 0 Å². The van der Waals surface area contributed by atoms with Crippen LogP contribution in [0.5, 0.6) is 11.6 Å². The second-order valence-electron chi connectivity index (χ2n) is 6.48. The van der Waals surface area contributed by atoms with E-state index in [1.807, 2.05) is 0 Å². The summed E-state index contributed by atoms with van der Waals surface area (Å²) in [7, 11) is 1.48. The van der Waals surface area contributed by atoms with E-state index in [4.69, 9.17) is 16.3 Å². The molecule has 0 radical (unpaired) electrons. The van der Waals surface area contributed by atoms with Crippen molar-refractivity contribution in [2.75, 3.05) is 7.11 Å². The summed E-state index contributed by atoms with van der Waals surface area (Å²) in [5.74, 6) is -0.765. The average molecular weight is 404 g/mol. The largest absolute Gasteiger partial charge is 0.495 e. The molecule has 1 unspecified atom stereocenters. The highest BCUT2D eigenvalue weighted by molar-refractivity contribution is 6.33. The van der Waals surface area contributed by atoms with Crippen LogP contribution in [0.2, 0.25) is 5.02 Å². The molecule has 0 saturated carbocycles. The summed E-state index contributed by atoms with van der Waals surface area (Å²) in [6, 6.07) is 7.78. The molecule has 28 heavy (non-hydrogen) atoms. The molecule has 1 fully saturated rings. The first-order valence-corrected chi connectivity index (χ1v) is 8.67. The van der Waals surface area contributed by atoms with E-state index in [1.165, 1.54) is 35.9 Å². The molecule has 1 saturated heterocycles. The zero-order valence-electron chi connectivity index (χ0n) is 14.6. The van der Waals surface area contributed by atoms with Crippen LogP contribution in [0.25, 0.3) is 10.8 Å². The van der Waals surface area contributed by atoms with E-state index in [-0.39, 0.29) is 12.4 Å². The van der Waals surface area contributed by atoms with E-state index in [1.54, 1.807) is 18.3 Å². The molecule has 7 nitrogen and oxygen atoms in total. The summed E-state index contributed by atoms with van der Waals surface area (Å²) in [4.78, 5) is 24.5. The van der Waals surface area contributed by atoms with Crippen molar-refractivity contribution in [3.8, 4) is 11.6 Å². The topological polar surface area (TPSA) is 92.6 Å². The Morgan fingerprint density at radius 1 is 1.25 bits per heavy atom. The number of methoxy groups -OCH3 is 1. The summed E-state index contributed by atoms with van der Waals surface area (Å²) >= 11 is 6.13. The number of urea groups is 1. The van der Waals surface area contributed by atoms with Crippen LogP contribution in [0.3, 0.4) is 0 Å². The first-order chi connectivity index (χ1) is 13.3. The summed E-state index contributed by atoms with van der Waals surface area (Å²) < 4.78 is 20.0. The Morgan fingerprint density at radius 2 is 1.96 bits per heavy atom. The summed E-state index contributed by atoms with van der Waals surface area (Å²) in [5, 5.41) is 16.9. The molecule has 0 spiro atoms. The van der Waals surface area contributed by atoms with E-state index in [9.17, 15) is 19.1 Å². The first kappa shape index (κ1) is 18.1. The number of carbonyl (C=O) groups excluding carboxylic acids is 2. The first-order valence-electron chi connectivity index (χ1n) is 8.29. The molecule has 2 aromatic carbocycles. The number of hydrogen-bond donors (Lipinski definition) is 3. The van der Waals surface area contributed by atoms with Crippen LogP contribution in [0, 0.1) is 5.82 Å². The second-order valence-corrected chi connectivity index (χ2v) is 6.88. The van der Waals surface area contributed by atoms with E-state index in [0.717, 1.165) is 0 Å². The number of nitrogens with zero attached hydrogens (tertiary/aromatic N) is 1. The monoisotopic (exact) mass is 403 g/mol. The lowest BCUT2D eigenvalue weighted by atomic mass is 9.89. The normalized spacial score (nSPS) is 19.0. The smallest absolute Gasteiger partial charge is 0.322 e. The number of rotatable bonds is 4. The van der Waals surface area contributed by atoms with Crippen LogP contribution in [0.4, 0.5) is 9.18 Å². The van der Waals surface area contributed by atoms with Gasteiger partial charge in [0, 0.05) is 17.0 Å². The third-order valence-electron chi connectivity index (χ3n) is 4.82. The minimum absolute atomic E-state index is 0.114. The molecule has 1 aromatic heterocycles. The average Bonchev–Trinajstić information content (AvgIpc) is 3.11. The Morgan fingerprint density at radius 3 is 2.57 bits per heavy atom. The summed E-state index contributed by atoms with van der Waals surface area (Å²) in [6.45, 7) is -0.114. The molecule has 2 heterocycles. The fourth-order valence-electron chi connectivity index (χ4n) is 3.42. The van der Waals surface area contributed by atoms with Gasteiger partial charge in [-0.25, -0.2) is 9.18 Å². The van der Waals surface area contributed by atoms with Crippen molar-refractivity contribution in [3.05, 3.63) is 59.0 Å². The molecule has 3 amide bonds. The van der Waals surface area contributed by atoms with Gasteiger partial charge in [-0.2, -0.15) is 0 Å². The molecular formula is C19H15ClFN3O4. The maximum atomic E-state index is 13.4. The molecule has 0 bridgehead atoms. The van der Waals surface area contributed by atoms with Gasteiger partial charge < -0.3 is 19.7 Å². The predicted octanol–water partition coefficient (Wildman–Crippen LogP) is 2.88. The minimum atomic E-state index is -1.51. The number of imide groups is 1. The Hall–Kier alpha value is -3.26. The highest BCUT2D eigenvalue weighted by atomic mass is 35.5. The van der Waals surface area contributed by atoms with E-state index >= 15 is 0 Å². The van der Waals surface area contributed by atoms with Crippen LogP contribution in [-0.4, -0.2) is 28.7 Å². The van der Waals surface area contributed by atoms with Crippen molar-refractivity contribution in [1.29, 1.82) is 0 Å². The Balaban J connectivity index is 1.84. The summed E-state index contributed by atoms with van der Waals surface area (Å²) in [5.41, 5.74) is -1.13. The number of aromatic hydroxyl groups is 1. The van der Waals surface area contributed by atoms with E-state index < -0.39 is 23.3 Å². The molecule has 3 aromatic rings. The number of benzene rings is 2. The molecule has 0 aliphatic carbocycles. The van der Waals surface area contributed by atoms with Crippen molar-refractivity contribution in [2.45, 2.75) is 12.1 Å². The molecule has 1 aliphatic heterocycles. The zero-order chi connectivity index (χ0) is 20.1. The number of ether oxygens (including phenoxy) is 1. The van der Waals surface area contributed by atoms with Crippen LogP contribution >= 0.6 is 11.6 Å². The SMILES string of the molecule is COc1cc2cn(CC3(c4ccc(F)cc4)NC(=O)NC3=O)c(O)c2cc1Cl. The third-order valence-corrected chi connectivity index (χ3v) is 5.11. The fourth-order valence-corrected chi connectivity index (χ4v) is 3.66. The standard InChI is InChI=1S/C19H15ClFN3O4/c1-28-15-6-10-8-24(16(25)13(10)7-14(15)20)9-19(17(26)22-18(27)23-19)11-2-4-12(21)5-3-11/h2-8,25H,9H2,1H3,(H2,22,23,26,27). The fraction of sp³-hybridized carbons (Fsp3) is 0.158. The van der Waals surface area contributed by atoms with Crippen LogP contribution < -0.4 is 15.4 Å². The lowest BCUT2D eigenvalue weighted by Gasteiger charge is -2.27. The Kier molecular flexibility index (Phi) is 4.15. The van der Waals surface area contributed by atoms with E-state index in [0.29, 0.717) is 27.1 Å². The highest BCUT2D eigenvalue weighted by Crippen LogP contribution is 2.37. The van der Waals surface area contributed by atoms with Gasteiger partial charge in [-0.1, -0.05) is 23.7 Å². The number of hydrogen-bond acceptors (Lipinski definition) is 4. The van der Waals surface area contributed by atoms with Gasteiger partial charge in [-0.15, -0.1) is 0 Å². The lowest BCUT2D eigenvalue weighted by Crippen LogP contribution is -2.47. The molecule has 1 atom stereocenters. The number of halogens is 2. The van der Waals surface area contributed by atoms with E-state index in [2.05, 4.69) is 10.6 Å². The molecule has 9 heteroatoms. The predicted molar refractivity (Wildman–Crippen MR) is 99.9 cm³/mol. The maximum Gasteiger partial charge on any atom is 0.322 e. The van der Waals surface area contributed by atoms with Gasteiger partial charge in [-0.05, 0) is 29.8 Å². The summed E-state index contributed by atoms with van der Waals surface area (Å²) in [6.07, 6.45) is 1.62. The number of amides is 3. The van der Waals surface area contributed by atoms with Gasteiger partial charge in [0.25, 0.3) is 5.91 Å². The van der Waals surface area contributed by atoms with Crippen molar-refractivity contribution < 1.29 is 23.8 Å². The Labute approximate surface area is 163 Å². The van der Waals surface area contributed by atoms with Crippen LogP contribution in [-0.2, 0) is 16.9 Å². The lowest BCUT2D eigenvalue weighted by molar-refractivity contribution is -0.124. The van der Waals surface area contributed by atoms with Gasteiger partial charge in [0.1, 0.15) is 11.6 Å². The molecule has 4 rings (SSSR count). The minimum Gasteiger partial charge on any atom is -0.495 e. The maximum absolute atomic E-state index is 13.4. The highest BCUT2D eigenvalue weighted by Gasteiger charge is 2.48. The van der Waals surface area contributed by atoms with Crippen molar-refractivity contribution in [1.82, 2.24) is 15.2 Å². The van der Waals surface area contributed by atoms with Gasteiger partial charge in [0.15, 0.2) is 11.4 Å². The Bertz CT molecular complexity index is 1110. The molecule has 144 valence electrons. The van der Waals surface area contributed by atoms with Gasteiger partial charge in [0.05, 0.1) is 18.7 Å². The molecule has 1 aliphatic rings. The van der Waals surface area contributed by atoms with Crippen molar-refractivity contribution in [2.24, 2.45) is 0 Å². The molecule has 3 N–H and O–H groups in total. The van der Waals surface area contributed by atoms with Gasteiger partial charge in [-0.3, -0.25) is 10.1 Å². The number of nitrogens with one attached hydrogen (secondary N) is 2.